The van der Waals surface area contributed by atoms with E-state index < -0.39 is 18.9 Å². The number of carbonyl (C=O) groups is 1. The number of Topliss-reactive ketones (excluding diaryl/α,β-unsaturated/α-hetero) is 1. The average molecular weight is 373 g/mol. The van der Waals surface area contributed by atoms with Gasteiger partial charge in [0.15, 0.2) is 18.9 Å². The molecule has 3 nitrogen and oxygen atoms in total. The highest BCUT2D eigenvalue weighted by Gasteiger charge is 2.28. The first kappa shape index (κ1) is 13.9. The lowest BCUT2D eigenvalue weighted by atomic mass is 10.1. The zero-order chi connectivity index (χ0) is 12.3. The zero-order valence-electron chi connectivity index (χ0n) is 8.48. The molecule has 6 heteroatoms. The third-order valence-corrected chi connectivity index (χ3v) is 6.84. The average Bonchev–Trinajstić information content (AvgIpc) is 2.28. The molecule has 0 spiro atoms. The van der Waals surface area contributed by atoms with Crippen LogP contribution in [0, 0.1) is 0 Å². The van der Waals surface area contributed by atoms with Gasteiger partial charge < -0.3 is 0 Å². The van der Waals surface area contributed by atoms with Crippen molar-refractivity contribution in [3.8, 4) is 0 Å². The summed E-state index contributed by atoms with van der Waals surface area (Å²) >= 11 is 7.33. The highest BCUT2D eigenvalue weighted by atomic mass is 127. The molecular weight excluding hydrogens is 363 g/mol. The molecule has 0 amide bonds. The summed E-state index contributed by atoms with van der Waals surface area (Å²) in [7, 11) is -3.35. The van der Waals surface area contributed by atoms with Crippen LogP contribution in [0.5, 0.6) is 0 Å². The number of benzene rings is 1. The quantitative estimate of drug-likeness (QED) is 0.464. The maximum absolute atomic E-state index is 11.8. The van der Waals surface area contributed by atoms with Crippen LogP contribution in [0.4, 0.5) is 0 Å². The highest BCUT2D eigenvalue weighted by Crippen LogP contribution is 2.19. The maximum Gasteiger partial charge on any atom is 0.190 e. The normalized spacial score (nSPS) is 13.4. The summed E-state index contributed by atoms with van der Waals surface area (Å²) in [6, 6.07) is 6.19. The summed E-state index contributed by atoms with van der Waals surface area (Å²) in [6.45, 7) is 1.52. The van der Waals surface area contributed by atoms with Crippen LogP contribution in [-0.2, 0) is 9.84 Å². The molecule has 1 aromatic carbocycles. The number of hydrogen-bond donors (Lipinski definition) is 0. The smallest absolute Gasteiger partial charge is 0.190 e. The zero-order valence-corrected chi connectivity index (χ0v) is 12.2. The Morgan fingerprint density at radius 2 is 1.88 bits per heavy atom. The summed E-state index contributed by atoms with van der Waals surface area (Å²) in [5.41, 5.74) is 0.362. The second-order valence-electron chi connectivity index (χ2n) is 3.14. The molecule has 1 aromatic rings. The molecule has 1 rings (SSSR count). The van der Waals surface area contributed by atoms with Gasteiger partial charge in [-0.15, -0.1) is 0 Å². The van der Waals surface area contributed by atoms with Gasteiger partial charge in [0.2, 0.25) is 0 Å². The van der Waals surface area contributed by atoms with Crippen molar-refractivity contribution in [2.75, 3.05) is 5.75 Å². The van der Waals surface area contributed by atoms with Crippen LogP contribution in [-0.4, -0.2) is 23.2 Å². The van der Waals surface area contributed by atoms with E-state index in [1.807, 2.05) is 0 Å². The Bertz CT molecular complexity index is 481. The summed E-state index contributed by atoms with van der Waals surface area (Å²) in [5, 5.41) is 0.514. The van der Waals surface area contributed by atoms with E-state index in [1.54, 1.807) is 34.7 Å². The number of rotatable bonds is 4. The molecule has 0 saturated heterocycles. The molecule has 1 atom stereocenters. The molecule has 0 radical (unpaired) electrons. The van der Waals surface area contributed by atoms with Gasteiger partial charge in [-0.3, -0.25) is 4.79 Å². The van der Waals surface area contributed by atoms with Crippen LogP contribution in [0.3, 0.4) is 0 Å². The summed E-state index contributed by atoms with van der Waals surface area (Å²) < 4.78 is 22.0. The van der Waals surface area contributed by atoms with Crippen molar-refractivity contribution in [2.45, 2.75) is 10.2 Å². The van der Waals surface area contributed by atoms with Crippen molar-refractivity contribution < 1.29 is 13.2 Å². The lowest BCUT2D eigenvalue weighted by Gasteiger charge is -2.08. The Balaban J connectivity index is 2.99. The molecule has 1 unspecified atom stereocenters. The van der Waals surface area contributed by atoms with Crippen LogP contribution in [0.1, 0.15) is 17.3 Å². The molecular formula is C10H10ClIO3S. The van der Waals surface area contributed by atoms with Crippen LogP contribution in [0.2, 0.25) is 5.02 Å². The van der Waals surface area contributed by atoms with E-state index in [9.17, 15) is 13.2 Å². The van der Waals surface area contributed by atoms with Crippen molar-refractivity contribution in [3.63, 3.8) is 0 Å². The Morgan fingerprint density at radius 3 is 2.31 bits per heavy atom. The summed E-state index contributed by atoms with van der Waals surface area (Å²) in [6.07, 6.45) is 0. The molecule has 0 bridgehead atoms. The van der Waals surface area contributed by atoms with Crippen LogP contribution in [0.25, 0.3) is 0 Å². The van der Waals surface area contributed by atoms with Crippen LogP contribution in [0.15, 0.2) is 24.3 Å². The molecule has 0 aliphatic rings. The predicted octanol–water partition coefficient (Wildman–Crippen LogP) is 2.72. The Kier molecular flexibility index (Phi) is 4.75. The van der Waals surface area contributed by atoms with Crippen molar-refractivity contribution in [2.24, 2.45) is 0 Å². The number of sulfone groups is 1. The van der Waals surface area contributed by atoms with Crippen molar-refractivity contribution >= 4 is 49.8 Å². The summed E-state index contributed by atoms with van der Waals surface area (Å²) in [4.78, 5) is 11.8. The van der Waals surface area contributed by atoms with Gasteiger partial charge in [-0.05, 0) is 24.3 Å². The van der Waals surface area contributed by atoms with Crippen LogP contribution < -0.4 is 0 Å². The van der Waals surface area contributed by atoms with Gasteiger partial charge in [-0.1, -0.05) is 41.1 Å². The Labute approximate surface area is 113 Å². The van der Waals surface area contributed by atoms with E-state index in [2.05, 4.69) is 0 Å². The molecule has 0 saturated carbocycles. The molecule has 88 valence electrons. The number of alkyl halides is 1. The SMILES string of the molecule is CCS(=O)(=O)C(I)C(=O)c1ccc(Cl)cc1. The largest absolute Gasteiger partial charge is 0.292 e. The topological polar surface area (TPSA) is 51.2 Å². The molecule has 16 heavy (non-hydrogen) atoms. The van der Waals surface area contributed by atoms with E-state index in [4.69, 9.17) is 11.6 Å². The number of halogens is 2. The number of hydrogen-bond acceptors (Lipinski definition) is 3. The van der Waals surface area contributed by atoms with E-state index in [1.165, 1.54) is 19.1 Å². The molecule has 0 heterocycles. The fourth-order valence-corrected chi connectivity index (χ4v) is 3.37. The second-order valence-corrected chi connectivity index (χ2v) is 8.04. The third-order valence-electron chi connectivity index (χ3n) is 2.05. The highest BCUT2D eigenvalue weighted by molar-refractivity contribution is 14.1. The molecule has 0 aliphatic carbocycles. The minimum atomic E-state index is -3.35. The van der Waals surface area contributed by atoms with Crippen molar-refractivity contribution in [3.05, 3.63) is 34.9 Å². The number of ketones is 1. The first-order valence-corrected chi connectivity index (χ1v) is 7.88. The van der Waals surface area contributed by atoms with Gasteiger partial charge in [0.05, 0.1) is 0 Å². The van der Waals surface area contributed by atoms with Crippen molar-refractivity contribution in [1.82, 2.24) is 0 Å². The predicted molar refractivity (Wildman–Crippen MR) is 73.1 cm³/mol. The van der Waals surface area contributed by atoms with Gasteiger partial charge >= 0.3 is 0 Å². The monoisotopic (exact) mass is 372 g/mol. The van der Waals surface area contributed by atoms with Crippen molar-refractivity contribution in [1.29, 1.82) is 0 Å². The van der Waals surface area contributed by atoms with Gasteiger partial charge in [0, 0.05) is 16.3 Å². The van der Waals surface area contributed by atoms with Gasteiger partial charge in [0.1, 0.15) is 0 Å². The summed E-state index contributed by atoms with van der Waals surface area (Å²) in [5.74, 6) is -0.445. The fraction of sp³-hybridized carbons (Fsp3) is 0.300. The first-order valence-electron chi connectivity index (χ1n) is 4.54. The minimum absolute atomic E-state index is 0.0417. The molecule has 0 N–H and O–H groups in total. The number of carbonyl (C=O) groups excluding carboxylic acids is 1. The first-order chi connectivity index (χ1) is 7.38. The lowest BCUT2D eigenvalue weighted by Crippen LogP contribution is -2.25. The van der Waals surface area contributed by atoms with Gasteiger partial charge in [-0.2, -0.15) is 0 Å². The van der Waals surface area contributed by atoms with E-state index in [-0.39, 0.29) is 5.75 Å². The van der Waals surface area contributed by atoms with E-state index in [0.717, 1.165) is 0 Å². The second kappa shape index (κ2) is 5.46. The molecule has 0 aromatic heterocycles. The maximum atomic E-state index is 11.8. The van der Waals surface area contributed by atoms with E-state index >= 15 is 0 Å². The Hall–Kier alpha value is -0.140. The minimum Gasteiger partial charge on any atom is -0.292 e. The standard InChI is InChI=1S/C10H10ClIO3S/c1-2-16(14,15)10(12)9(13)7-3-5-8(11)6-4-7/h3-6,10H,2H2,1H3. The van der Waals surface area contributed by atoms with Crippen LogP contribution >= 0.6 is 34.2 Å². The van der Waals surface area contributed by atoms with Gasteiger partial charge in [-0.25, -0.2) is 8.42 Å². The third kappa shape index (κ3) is 3.18. The van der Waals surface area contributed by atoms with Gasteiger partial charge in [0.25, 0.3) is 0 Å². The molecule has 0 fully saturated rings. The van der Waals surface area contributed by atoms with E-state index in [0.29, 0.717) is 10.6 Å². The molecule has 0 aliphatic heterocycles. The Morgan fingerprint density at radius 1 is 1.38 bits per heavy atom. The lowest BCUT2D eigenvalue weighted by molar-refractivity contribution is 0.101. The fourth-order valence-electron chi connectivity index (χ4n) is 1.05.